The van der Waals surface area contributed by atoms with Crippen molar-refractivity contribution in [1.29, 1.82) is 0 Å². The van der Waals surface area contributed by atoms with Gasteiger partial charge in [-0.2, -0.15) is 0 Å². The van der Waals surface area contributed by atoms with E-state index in [0.717, 1.165) is 10.6 Å². The Morgan fingerprint density at radius 1 is 1.62 bits per heavy atom. The van der Waals surface area contributed by atoms with E-state index in [1.807, 2.05) is 25.3 Å². The molecule has 1 aromatic rings. The molecule has 0 radical (unpaired) electrons. The van der Waals surface area contributed by atoms with Crippen molar-refractivity contribution < 1.29 is 0 Å². The van der Waals surface area contributed by atoms with Gasteiger partial charge in [-0.25, -0.2) is 4.98 Å². The highest BCUT2D eigenvalue weighted by molar-refractivity contribution is 7.99. The topological polar surface area (TPSA) is 12.9 Å². The van der Waals surface area contributed by atoms with E-state index in [4.69, 9.17) is 23.2 Å². The van der Waals surface area contributed by atoms with Crippen LogP contribution in [0.15, 0.2) is 33.9 Å². The maximum Gasteiger partial charge on any atom is 0.0963 e. The highest BCUT2D eigenvalue weighted by Gasteiger charge is 1.96. The van der Waals surface area contributed by atoms with E-state index < -0.39 is 0 Å². The number of rotatable bonds is 3. The van der Waals surface area contributed by atoms with Gasteiger partial charge in [0, 0.05) is 22.5 Å². The molecule has 0 fully saturated rings. The second-order valence-electron chi connectivity index (χ2n) is 2.52. The van der Waals surface area contributed by atoms with Gasteiger partial charge in [-0.3, -0.25) is 0 Å². The van der Waals surface area contributed by atoms with Crippen LogP contribution in [0.2, 0.25) is 0 Å². The van der Waals surface area contributed by atoms with Crippen molar-refractivity contribution in [2.75, 3.05) is 5.75 Å². The molecule has 0 aliphatic rings. The van der Waals surface area contributed by atoms with E-state index in [9.17, 15) is 0 Å². The summed E-state index contributed by atoms with van der Waals surface area (Å²) in [6.45, 7) is 2.01. The second kappa shape index (κ2) is 5.53. The molecule has 0 bridgehead atoms. The van der Waals surface area contributed by atoms with E-state index in [0.29, 0.717) is 10.8 Å². The third kappa shape index (κ3) is 4.03. The summed E-state index contributed by atoms with van der Waals surface area (Å²) in [5.41, 5.74) is 2.53. The fourth-order valence-corrected chi connectivity index (χ4v) is 1.71. The van der Waals surface area contributed by atoms with Crippen LogP contribution in [0.3, 0.4) is 0 Å². The monoisotopic (exact) mass is 233 g/mol. The Kier molecular flexibility index (Phi) is 4.64. The van der Waals surface area contributed by atoms with Crippen molar-refractivity contribution in [2.24, 2.45) is 0 Å². The van der Waals surface area contributed by atoms with Crippen molar-refractivity contribution in [1.82, 2.24) is 4.98 Å². The molecule has 0 amide bonds. The van der Waals surface area contributed by atoms with Crippen LogP contribution in [0.25, 0.3) is 0 Å². The highest BCUT2D eigenvalue weighted by atomic mass is 35.5. The summed E-state index contributed by atoms with van der Waals surface area (Å²) in [6, 6.07) is 3.99. The largest absolute Gasteiger partial charge is 0.250 e. The summed E-state index contributed by atoms with van der Waals surface area (Å²) < 4.78 is 0. The van der Waals surface area contributed by atoms with E-state index in [2.05, 4.69) is 4.98 Å². The second-order valence-corrected chi connectivity index (χ2v) is 4.22. The summed E-state index contributed by atoms with van der Waals surface area (Å²) in [6.07, 6.45) is 1.83. The number of hydrogen-bond acceptors (Lipinski definition) is 2. The first kappa shape index (κ1) is 10.9. The third-order valence-corrected chi connectivity index (χ3v) is 3.13. The molecule has 0 spiro atoms. The van der Waals surface area contributed by atoms with Crippen LogP contribution in [0, 0.1) is 6.92 Å². The minimum Gasteiger partial charge on any atom is -0.250 e. The molecule has 1 nitrogen and oxygen atoms in total. The summed E-state index contributed by atoms with van der Waals surface area (Å²) >= 11 is 12.7. The molecule has 0 saturated heterocycles. The van der Waals surface area contributed by atoms with Crippen molar-refractivity contribution in [2.45, 2.75) is 11.9 Å². The number of aromatic nitrogens is 1. The fraction of sp³-hybridized carbons (Fsp3) is 0.222. The number of thioether (sulfide) groups is 1. The Hall–Kier alpha value is -0.180. The highest BCUT2D eigenvalue weighted by Crippen LogP contribution is 2.20. The molecule has 13 heavy (non-hydrogen) atoms. The van der Waals surface area contributed by atoms with Crippen molar-refractivity contribution >= 4 is 35.0 Å². The fourth-order valence-electron chi connectivity index (χ4n) is 0.714. The molecule has 0 N–H and O–H groups in total. The lowest BCUT2D eigenvalue weighted by atomic mass is 10.3. The van der Waals surface area contributed by atoms with Gasteiger partial charge in [0.25, 0.3) is 0 Å². The molecule has 0 aliphatic heterocycles. The molecule has 0 aliphatic carbocycles. The van der Waals surface area contributed by atoms with Gasteiger partial charge in [0.2, 0.25) is 0 Å². The summed E-state index contributed by atoms with van der Waals surface area (Å²) in [4.78, 5) is 4.22. The standard InChI is InChI=1S/C9H9Cl2NS/c1-7-2-3-9(12-5-7)13-6-8(11)4-10/h2-5H,6H2,1H3/b8-4-. The van der Waals surface area contributed by atoms with Gasteiger partial charge in [0.1, 0.15) is 0 Å². The predicted octanol–water partition coefficient (Wildman–Crippen LogP) is 3.80. The molecule has 70 valence electrons. The van der Waals surface area contributed by atoms with Crippen molar-refractivity contribution in [3.05, 3.63) is 34.5 Å². The molecule has 0 atom stereocenters. The van der Waals surface area contributed by atoms with Gasteiger partial charge in [-0.1, -0.05) is 29.3 Å². The molecule has 4 heteroatoms. The number of nitrogens with zero attached hydrogens (tertiary/aromatic N) is 1. The number of hydrogen-bond donors (Lipinski definition) is 0. The normalized spacial score (nSPS) is 11.8. The molecular formula is C9H9Cl2NS. The van der Waals surface area contributed by atoms with E-state index >= 15 is 0 Å². The lowest BCUT2D eigenvalue weighted by Gasteiger charge is -1.99. The maximum absolute atomic E-state index is 5.73. The average molecular weight is 234 g/mol. The minimum atomic E-state index is 0.633. The first-order chi connectivity index (χ1) is 6.22. The van der Waals surface area contributed by atoms with E-state index in [1.54, 1.807) is 11.8 Å². The number of pyridine rings is 1. The maximum atomic E-state index is 5.73. The molecular weight excluding hydrogens is 225 g/mol. The summed E-state index contributed by atoms with van der Waals surface area (Å²) in [7, 11) is 0. The Labute approximate surface area is 92.2 Å². The van der Waals surface area contributed by atoms with Crippen LogP contribution < -0.4 is 0 Å². The van der Waals surface area contributed by atoms with Gasteiger partial charge in [0.15, 0.2) is 0 Å². The molecule has 1 rings (SSSR count). The van der Waals surface area contributed by atoms with Crippen LogP contribution in [0.1, 0.15) is 5.56 Å². The molecule has 1 aromatic heterocycles. The minimum absolute atomic E-state index is 0.633. The third-order valence-electron chi connectivity index (χ3n) is 1.36. The van der Waals surface area contributed by atoms with E-state index in [-0.39, 0.29) is 0 Å². The van der Waals surface area contributed by atoms with Gasteiger partial charge in [0.05, 0.1) is 5.03 Å². The number of halogens is 2. The van der Waals surface area contributed by atoms with Crippen molar-refractivity contribution in [3.8, 4) is 0 Å². The first-order valence-corrected chi connectivity index (χ1v) is 5.52. The Balaban J connectivity index is 2.51. The number of aryl methyl sites for hydroxylation is 1. The predicted molar refractivity (Wildman–Crippen MR) is 59.5 cm³/mol. The summed E-state index contributed by atoms with van der Waals surface area (Å²) in [5, 5.41) is 1.59. The van der Waals surface area contributed by atoms with Crippen LogP contribution in [0.5, 0.6) is 0 Å². The molecule has 0 aromatic carbocycles. The van der Waals surface area contributed by atoms with Crippen molar-refractivity contribution in [3.63, 3.8) is 0 Å². The van der Waals surface area contributed by atoms with E-state index in [1.165, 1.54) is 5.54 Å². The first-order valence-electron chi connectivity index (χ1n) is 3.72. The average Bonchev–Trinajstić information content (AvgIpc) is 2.16. The Bertz CT molecular complexity index is 295. The smallest absolute Gasteiger partial charge is 0.0963 e. The van der Waals surface area contributed by atoms with Crippen LogP contribution in [-0.4, -0.2) is 10.7 Å². The van der Waals surface area contributed by atoms with Gasteiger partial charge < -0.3 is 0 Å². The lowest BCUT2D eigenvalue weighted by molar-refractivity contribution is 1.11. The van der Waals surface area contributed by atoms with Crippen LogP contribution in [0.4, 0.5) is 0 Å². The molecule has 0 saturated carbocycles. The van der Waals surface area contributed by atoms with Crippen LogP contribution in [-0.2, 0) is 0 Å². The SMILES string of the molecule is Cc1ccc(SC/C(Cl)=C/Cl)nc1. The Morgan fingerprint density at radius 2 is 2.38 bits per heavy atom. The molecule has 1 heterocycles. The lowest BCUT2D eigenvalue weighted by Crippen LogP contribution is -1.83. The van der Waals surface area contributed by atoms with Gasteiger partial charge in [-0.15, -0.1) is 11.8 Å². The zero-order valence-corrected chi connectivity index (χ0v) is 9.46. The zero-order chi connectivity index (χ0) is 9.68. The zero-order valence-electron chi connectivity index (χ0n) is 7.13. The van der Waals surface area contributed by atoms with Gasteiger partial charge in [-0.05, 0) is 18.6 Å². The Morgan fingerprint density at radius 3 is 2.92 bits per heavy atom. The van der Waals surface area contributed by atoms with Gasteiger partial charge >= 0.3 is 0 Å². The molecule has 0 unspecified atom stereocenters. The quantitative estimate of drug-likeness (QED) is 0.737. The van der Waals surface area contributed by atoms with Crippen LogP contribution >= 0.6 is 35.0 Å². The summed E-state index contributed by atoms with van der Waals surface area (Å²) in [5.74, 6) is 0.668.